The molecule has 1 amide bonds. The average molecular weight is 458 g/mol. The highest BCUT2D eigenvalue weighted by Gasteiger charge is 2.30. The van der Waals surface area contributed by atoms with Gasteiger partial charge in [-0.3, -0.25) is 14.5 Å². The highest BCUT2D eigenvalue weighted by Crippen LogP contribution is 2.36. The van der Waals surface area contributed by atoms with E-state index in [0.717, 1.165) is 42.8 Å². The van der Waals surface area contributed by atoms with Crippen molar-refractivity contribution in [2.75, 3.05) is 26.1 Å². The largest absolute Gasteiger partial charge is 0.468 e. The van der Waals surface area contributed by atoms with Crippen LogP contribution in [0.1, 0.15) is 45.2 Å². The third kappa shape index (κ3) is 4.37. The van der Waals surface area contributed by atoms with Crippen molar-refractivity contribution < 1.29 is 28.3 Å². The second kappa shape index (κ2) is 9.49. The first-order valence-electron chi connectivity index (χ1n) is 10.2. The van der Waals surface area contributed by atoms with E-state index in [1.54, 1.807) is 6.07 Å². The summed E-state index contributed by atoms with van der Waals surface area (Å²) in [5.74, 6) is -1.15. The Morgan fingerprint density at radius 2 is 2.06 bits per heavy atom. The minimum absolute atomic E-state index is 0.128. The van der Waals surface area contributed by atoms with Crippen LogP contribution in [0.15, 0.2) is 34.9 Å². The molecule has 168 valence electrons. The van der Waals surface area contributed by atoms with Gasteiger partial charge in [-0.2, -0.15) is 0 Å². The number of hydrogen-bond donors (Lipinski definition) is 1. The van der Waals surface area contributed by atoms with Crippen molar-refractivity contribution in [3.63, 3.8) is 0 Å². The van der Waals surface area contributed by atoms with E-state index >= 15 is 0 Å². The van der Waals surface area contributed by atoms with E-state index in [4.69, 9.17) is 18.9 Å². The maximum Gasteiger partial charge on any atom is 0.350 e. The fourth-order valence-corrected chi connectivity index (χ4v) is 4.91. The predicted molar refractivity (Wildman–Crippen MR) is 118 cm³/mol. The van der Waals surface area contributed by atoms with Crippen LogP contribution in [-0.2, 0) is 20.8 Å². The van der Waals surface area contributed by atoms with Crippen LogP contribution in [0, 0.1) is 0 Å². The number of amides is 1. The summed E-state index contributed by atoms with van der Waals surface area (Å²) < 4.78 is 15.0. The molecule has 32 heavy (non-hydrogen) atoms. The van der Waals surface area contributed by atoms with E-state index in [2.05, 4.69) is 10.2 Å². The monoisotopic (exact) mass is 457 g/mol. The Morgan fingerprint density at radius 1 is 1.22 bits per heavy atom. The van der Waals surface area contributed by atoms with Crippen molar-refractivity contribution in [2.45, 2.75) is 31.8 Å². The van der Waals surface area contributed by atoms with Crippen molar-refractivity contribution in [2.24, 2.45) is 0 Å². The lowest BCUT2D eigenvalue weighted by atomic mass is 10.0. The normalized spacial score (nSPS) is 16.6. The summed E-state index contributed by atoms with van der Waals surface area (Å²) in [5, 5.41) is 3.37. The van der Waals surface area contributed by atoms with Crippen LogP contribution in [0.4, 0.5) is 5.69 Å². The van der Waals surface area contributed by atoms with Gasteiger partial charge >= 0.3 is 11.9 Å². The maximum atomic E-state index is 12.5. The summed E-state index contributed by atoms with van der Waals surface area (Å²) >= 11 is 1.14. The number of piperidine rings is 1. The summed E-state index contributed by atoms with van der Waals surface area (Å²) in [6.07, 6.45) is 4.14. The highest BCUT2D eigenvalue weighted by molar-refractivity contribution is 7.21. The molecule has 0 aliphatic carbocycles. The smallest absolute Gasteiger partial charge is 0.350 e. The molecule has 1 fully saturated rings. The highest BCUT2D eigenvalue weighted by atomic mass is 32.1. The van der Waals surface area contributed by atoms with Gasteiger partial charge in [0.2, 0.25) is 0 Å². The molecule has 0 radical (unpaired) electrons. The van der Waals surface area contributed by atoms with Gasteiger partial charge in [0.1, 0.15) is 15.7 Å². The Bertz CT molecular complexity index is 1140. The van der Waals surface area contributed by atoms with E-state index in [1.807, 2.05) is 12.1 Å². The molecule has 0 bridgehead atoms. The molecule has 1 aliphatic heterocycles. The molecule has 9 nitrogen and oxygen atoms in total. The van der Waals surface area contributed by atoms with E-state index in [-0.39, 0.29) is 22.6 Å². The Balaban J connectivity index is 1.64. The summed E-state index contributed by atoms with van der Waals surface area (Å²) in [6.45, 7) is 1.26. The summed E-state index contributed by atoms with van der Waals surface area (Å²) in [7, 11) is 2.69. The molecule has 1 N–H and O–H groups in total. The van der Waals surface area contributed by atoms with E-state index in [1.165, 1.54) is 26.5 Å². The standard InChI is InChI=1S/C22H23N3O6S/c1-29-21(27)15-6-3-4-10-25(15)12-13-8-9-14-17(24-19(26)16-7-5-11-31-16)18(22(28)30-2)32-20(14)23-13/h5,7-9,11,15H,3-4,6,10,12H2,1-2H3,(H,24,26). The molecule has 0 aromatic carbocycles. The lowest BCUT2D eigenvalue weighted by molar-refractivity contribution is -0.148. The molecule has 1 unspecified atom stereocenters. The van der Waals surface area contributed by atoms with Crippen molar-refractivity contribution in [3.05, 3.63) is 46.9 Å². The lowest BCUT2D eigenvalue weighted by Crippen LogP contribution is -2.44. The zero-order valence-electron chi connectivity index (χ0n) is 17.8. The van der Waals surface area contributed by atoms with Crippen LogP contribution < -0.4 is 5.32 Å². The maximum absolute atomic E-state index is 12.5. The number of carbonyl (C=O) groups is 3. The first kappa shape index (κ1) is 22.0. The minimum Gasteiger partial charge on any atom is -0.468 e. The van der Waals surface area contributed by atoms with Crippen LogP contribution in [0.25, 0.3) is 10.2 Å². The van der Waals surface area contributed by atoms with Crippen molar-refractivity contribution in [3.8, 4) is 0 Å². The second-order valence-electron chi connectivity index (χ2n) is 7.39. The Labute approximate surface area is 188 Å². The number of esters is 2. The zero-order valence-corrected chi connectivity index (χ0v) is 18.6. The number of carbonyl (C=O) groups excluding carboxylic acids is 3. The minimum atomic E-state index is -0.564. The molecule has 0 saturated carbocycles. The SMILES string of the molecule is COC(=O)c1sc2nc(CN3CCCCC3C(=O)OC)ccc2c1NC(=O)c1ccco1. The molecule has 3 aromatic rings. The molecule has 3 aromatic heterocycles. The van der Waals surface area contributed by atoms with Crippen LogP contribution in [0.2, 0.25) is 0 Å². The van der Waals surface area contributed by atoms with Crippen LogP contribution in [-0.4, -0.2) is 54.5 Å². The van der Waals surface area contributed by atoms with E-state index in [9.17, 15) is 14.4 Å². The van der Waals surface area contributed by atoms with Gasteiger partial charge in [-0.15, -0.1) is 11.3 Å². The number of methoxy groups -OCH3 is 2. The van der Waals surface area contributed by atoms with Gasteiger partial charge in [-0.1, -0.05) is 6.42 Å². The number of likely N-dealkylation sites (tertiary alicyclic amines) is 1. The molecular formula is C22H23N3O6S. The van der Waals surface area contributed by atoms with Crippen molar-refractivity contribution in [1.29, 1.82) is 0 Å². The number of aromatic nitrogens is 1. The number of anilines is 1. The first-order valence-corrected chi connectivity index (χ1v) is 11.0. The number of furan rings is 1. The predicted octanol–water partition coefficient (Wildman–Crippen LogP) is 3.46. The number of ether oxygens (including phenoxy) is 2. The first-order chi connectivity index (χ1) is 15.5. The van der Waals surface area contributed by atoms with Crippen LogP contribution >= 0.6 is 11.3 Å². The van der Waals surface area contributed by atoms with Gasteiger partial charge in [0, 0.05) is 11.9 Å². The average Bonchev–Trinajstić information content (AvgIpc) is 3.47. The molecule has 0 spiro atoms. The number of thiophene rings is 1. The Morgan fingerprint density at radius 3 is 2.78 bits per heavy atom. The summed E-state index contributed by atoms with van der Waals surface area (Å²) in [5.41, 5.74) is 1.09. The fourth-order valence-electron chi connectivity index (χ4n) is 3.84. The quantitative estimate of drug-likeness (QED) is 0.560. The molecular weight excluding hydrogens is 434 g/mol. The van der Waals surface area contributed by atoms with Gasteiger partial charge in [0.15, 0.2) is 5.76 Å². The number of nitrogens with zero attached hydrogens (tertiary/aromatic N) is 2. The topological polar surface area (TPSA) is 111 Å². The molecule has 1 atom stereocenters. The van der Waals surface area contributed by atoms with Gasteiger partial charge in [-0.05, 0) is 43.7 Å². The number of pyridine rings is 1. The number of fused-ring (bicyclic) bond motifs is 1. The lowest BCUT2D eigenvalue weighted by Gasteiger charge is -2.33. The van der Waals surface area contributed by atoms with Crippen molar-refractivity contribution >= 4 is 45.1 Å². The third-order valence-corrected chi connectivity index (χ3v) is 6.50. The Hall–Kier alpha value is -3.24. The van der Waals surface area contributed by atoms with E-state index in [0.29, 0.717) is 22.4 Å². The van der Waals surface area contributed by atoms with Gasteiger partial charge in [-0.25, -0.2) is 9.78 Å². The van der Waals surface area contributed by atoms with Gasteiger partial charge < -0.3 is 19.2 Å². The van der Waals surface area contributed by atoms with E-state index < -0.39 is 11.9 Å². The summed E-state index contributed by atoms with van der Waals surface area (Å²) in [6, 6.07) is 6.51. The molecule has 4 heterocycles. The van der Waals surface area contributed by atoms with Crippen molar-refractivity contribution in [1.82, 2.24) is 9.88 Å². The van der Waals surface area contributed by atoms with Crippen LogP contribution in [0.3, 0.4) is 0 Å². The zero-order chi connectivity index (χ0) is 22.7. The fraction of sp³-hybridized carbons (Fsp3) is 0.364. The number of hydrogen-bond acceptors (Lipinski definition) is 9. The molecule has 4 rings (SSSR count). The number of nitrogens with one attached hydrogen (secondary N) is 1. The summed E-state index contributed by atoms with van der Waals surface area (Å²) in [4.78, 5) is 44.6. The third-order valence-electron chi connectivity index (χ3n) is 5.42. The van der Waals surface area contributed by atoms with Gasteiger partial charge in [0.25, 0.3) is 5.91 Å². The Kier molecular flexibility index (Phi) is 6.52. The molecule has 1 saturated heterocycles. The van der Waals surface area contributed by atoms with Crippen LogP contribution in [0.5, 0.6) is 0 Å². The molecule has 1 aliphatic rings. The number of rotatable bonds is 6. The second-order valence-corrected chi connectivity index (χ2v) is 8.39. The molecule has 10 heteroatoms. The van der Waals surface area contributed by atoms with Gasteiger partial charge in [0.05, 0.1) is 31.9 Å².